The van der Waals surface area contributed by atoms with E-state index in [1.807, 2.05) is 27.7 Å². The summed E-state index contributed by atoms with van der Waals surface area (Å²) in [6.07, 6.45) is -0.665. The van der Waals surface area contributed by atoms with Gasteiger partial charge in [0.25, 0.3) is 5.91 Å². The minimum atomic E-state index is -1.24. The third-order valence-corrected chi connectivity index (χ3v) is 5.27. The van der Waals surface area contributed by atoms with Crippen LogP contribution in [0.2, 0.25) is 5.02 Å². The van der Waals surface area contributed by atoms with Gasteiger partial charge in [-0.1, -0.05) is 39.3 Å². The first kappa shape index (κ1) is 26.0. The zero-order valence-corrected chi connectivity index (χ0v) is 20.0. The van der Waals surface area contributed by atoms with Gasteiger partial charge in [0.05, 0.1) is 10.6 Å². The molecule has 0 aliphatic heterocycles. The van der Waals surface area contributed by atoms with Crippen LogP contribution in [0.5, 0.6) is 17.2 Å². The van der Waals surface area contributed by atoms with Crippen molar-refractivity contribution in [3.05, 3.63) is 46.5 Å². The molecule has 0 unspecified atom stereocenters. The van der Waals surface area contributed by atoms with Crippen molar-refractivity contribution in [3.63, 3.8) is 0 Å². The fraction of sp³-hybridized carbons (Fsp3) is 0.375. The number of carboxylic acids is 1. The molecule has 2 amide bonds. The Hall–Kier alpha value is -3.26. The van der Waals surface area contributed by atoms with E-state index in [1.165, 1.54) is 24.3 Å². The first-order valence-electron chi connectivity index (χ1n) is 10.5. The number of hydrogen-bond donors (Lipinski definition) is 4. The number of nitrogens with one attached hydrogen (secondary N) is 2. The van der Waals surface area contributed by atoms with Crippen LogP contribution < -0.4 is 15.4 Å². The molecule has 2 aromatic carbocycles. The van der Waals surface area contributed by atoms with E-state index in [9.17, 15) is 19.5 Å². The molecular weight excluding hydrogens is 448 g/mol. The molecule has 0 fully saturated rings. The highest BCUT2D eigenvalue weighted by atomic mass is 35.5. The van der Waals surface area contributed by atoms with Crippen LogP contribution in [-0.4, -0.2) is 34.0 Å². The number of rotatable bonds is 9. The van der Waals surface area contributed by atoms with Crippen molar-refractivity contribution in [1.29, 1.82) is 0 Å². The molecule has 0 aromatic heterocycles. The smallest absolute Gasteiger partial charge is 0.312 e. The minimum absolute atomic E-state index is 0.0676. The lowest BCUT2D eigenvalue weighted by Gasteiger charge is -2.26. The number of amides is 2. The van der Waals surface area contributed by atoms with Gasteiger partial charge in [0.15, 0.2) is 0 Å². The number of phenolic OH excluding ortho intramolecular Hbond substituents is 1. The van der Waals surface area contributed by atoms with Gasteiger partial charge in [-0.05, 0) is 54.7 Å². The number of aromatic hydroxyl groups is 1. The van der Waals surface area contributed by atoms with Gasteiger partial charge in [-0.2, -0.15) is 0 Å². The maximum absolute atomic E-state index is 12.8. The van der Waals surface area contributed by atoms with E-state index in [0.29, 0.717) is 17.0 Å². The van der Waals surface area contributed by atoms with Crippen LogP contribution in [0, 0.1) is 18.8 Å². The SMILES string of the molecule is Cc1cc(NC(=O)CC(=O)O)cc(Cl)c1Oc1ccc(O)c(C(=O)NC(C(C)C)C(C)C)c1. The van der Waals surface area contributed by atoms with Crippen LogP contribution in [0.4, 0.5) is 5.69 Å². The molecule has 8 nitrogen and oxygen atoms in total. The number of carboxylic acid groups (broad SMARTS) is 1. The van der Waals surface area contributed by atoms with Gasteiger partial charge >= 0.3 is 5.97 Å². The summed E-state index contributed by atoms with van der Waals surface area (Å²) in [5.74, 6) is -1.49. The van der Waals surface area contributed by atoms with Crippen LogP contribution >= 0.6 is 11.6 Å². The molecule has 2 rings (SSSR count). The Bertz CT molecular complexity index is 1020. The molecule has 33 heavy (non-hydrogen) atoms. The third kappa shape index (κ3) is 7.12. The molecule has 0 aliphatic carbocycles. The largest absolute Gasteiger partial charge is 0.507 e. The van der Waals surface area contributed by atoms with Crippen molar-refractivity contribution in [1.82, 2.24) is 5.32 Å². The molecule has 9 heteroatoms. The highest BCUT2D eigenvalue weighted by molar-refractivity contribution is 6.32. The number of halogens is 1. The Balaban J connectivity index is 2.25. The second kappa shape index (κ2) is 11.0. The fourth-order valence-corrected chi connectivity index (χ4v) is 3.79. The van der Waals surface area contributed by atoms with Gasteiger partial charge in [-0.25, -0.2) is 0 Å². The summed E-state index contributed by atoms with van der Waals surface area (Å²) in [6.45, 7) is 9.77. The number of aliphatic carboxylic acids is 1. The summed E-state index contributed by atoms with van der Waals surface area (Å²) in [6, 6.07) is 7.27. The summed E-state index contributed by atoms with van der Waals surface area (Å²) >= 11 is 6.32. The number of anilines is 1. The van der Waals surface area contributed by atoms with Crippen molar-refractivity contribution < 1.29 is 29.3 Å². The van der Waals surface area contributed by atoms with Gasteiger partial charge in [0.2, 0.25) is 5.91 Å². The lowest BCUT2D eigenvalue weighted by molar-refractivity contribution is -0.139. The van der Waals surface area contributed by atoms with Crippen LogP contribution in [0.3, 0.4) is 0 Å². The maximum atomic E-state index is 12.8. The Morgan fingerprint density at radius 3 is 2.24 bits per heavy atom. The average Bonchev–Trinajstić information content (AvgIpc) is 2.68. The summed E-state index contributed by atoms with van der Waals surface area (Å²) in [4.78, 5) is 35.2. The van der Waals surface area contributed by atoms with Gasteiger partial charge in [-0.3, -0.25) is 14.4 Å². The van der Waals surface area contributed by atoms with Gasteiger partial charge in [0, 0.05) is 11.7 Å². The topological polar surface area (TPSA) is 125 Å². The third-order valence-electron chi connectivity index (χ3n) is 4.99. The summed E-state index contributed by atoms with van der Waals surface area (Å²) < 4.78 is 5.88. The van der Waals surface area contributed by atoms with Gasteiger partial charge in [-0.15, -0.1) is 0 Å². The molecule has 0 radical (unpaired) electrons. The molecule has 0 aliphatic rings. The van der Waals surface area contributed by atoms with E-state index in [-0.39, 0.29) is 40.0 Å². The highest BCUT2D eigenvalue weighted by Crippen LogP contribution is 2.36. The van der Waals surface area contributed by atoms with E-state index in [2.05, 4.69) is 10.6 Å². The Labute approximate surface area is 197 Å². The molecule has 178 valence electrons. The summed E-state index contributed by atoms with van der Waals surface area (Å²) in [7, 11) is 0. The lowest BCUT2D eigenvalue weighted by Crippen LogP contribution is -2.42. The van der Waals surface area contributed by atoms with Crippen molar-refractivity contribution in [2.45, 2.75) is 47.1 Å². The van der Waals surface area contributed by atoms with Gasteiger partial charge in [0.1, 0.15) is 23.7 Å². The number of phenols is 1. The first-order valence-corrected chi connectivity index (χ1v) is 10.9. The first-order chi connectivity index (χ1) is 15.4. The Morgan fingerprint density at radius 2 is 1.70 bits per heavy atom. The number of hydrogen-bond acceptors (Lipinski definition) is 5. The lowest BCUT2D eigenvalue weighted by atomic mass is 9.93. The van der Waals surface area contributed by atoms with Crippen LogP contribution in [-0.2, 0) is 9.59 Å². The zero-order valence-electron chi connectivity index (χ0n) is 19.2. The Morgan fingerprint density at radius 1 is 1.06 bits per heavy atom. The number of carbonyl (C=O) groups excluding carboxylic acids is 2. The molecule has 0 saturated carbocycles. The summed E-state index contributed by atoms with van der Waals surface area (Å²) in [5, 5.41) is 24.5. The number of carbonyl (C=O) groups is 3. The molecule has 0 spiro atoms. The fourth-order valence-electron chi connectivity index (χ4n) is 3.49. The highest BCUT2D eigenvalue weighted by Gasteiger charge is 2.22. The zero-order chi connectivity index (χ0) is 24.9. The van der Waals surface area contributed by atoms with Crippen LogP contribution in [0.1, 0.15) is 50.0 Å². The predicted octanol–water partition coefficient (Wildman–Crippen LogP) is 4.97. The molecule has 0 bridgehead atoms. The normalized spacial score (nSPS) is 11.1. The van der Waals surface area contributed by atoms with Crippen LogP contribution in [0.15, 0.2) is 30.3 Å². The Kier molecular flexibility index (Phi) is 8.70. The van der Waals surface area contributed by atoms with E-state index >= 15 is 0 Å². The van der Waals surface area contributed by atoms with Crippen molar-refractivity contribution in [2.75, 3.05) is 5.32 Å². The predicted molar refractivity (Wildman–Crippen MR) is 126 cm³/mol. The van der Waals surface area contributed by atoms with Gasteiger partial charge < -0.3 is 25.6 Å². The number of ether oxygens (including phenoxy) is 1. The average molecular weight is 477 g/mol. The second-order valence-corrected chi connectivity index (χ2v) is 8.90. The second-order valence-electron chi connectivity index (χ2n) is 8.49. The molecule has 0 atom stereocenters. The van der Waals surface area contributed by atoms with E-state index in [4.69, 9.17) is 21.4 Å². The van der Waals surface area contributed by atoms with Crippen molar-refractivity contribution >= 4 is 35.1 Å². The van der Waals surface area contributed by atoms with E-state index in [1.54, 1.807) is 13.0 Å². The van der Waals surface area contributed by atoms with E-state index in [0.717, 1.165) is 0 Å². The molecule has 0 saturated heterocycles. The van der Waals surface area contributed by atoms with Crippen molar-refractivity contribution in [3.8, 4) is 17.2 Å². The van der Waals surface area contributed by atoms with Crippen molar-refractivity contribution in [2.24, 2.45) is 11.8 Å². The number of aryl methyl sites for hydroxylation is 1. The monoisotopic (exact) mass is 476 g/mol. The molecule has 4 N–H and O–H groups in total. The maximum Gasteiger partial charge on any atom is 0.312 e. The van der Waals surface area contributed by atoms with Crippen LogP contribution in [0.25, 0.3) is 0 Å². The quantitative estimate of drug-likeness (QED) is 0.379. The number of benzene rings is 2. The standard InChI is InChI=1S/C24H29ClN2O6/c1-12(2)22(13(3)4)27-24(32)17-10-16(6-7-19(17)28)33-23-14(5)8-15(9-18(23)25)26-20(29)11-21(30)31/h6-10,12-13,22,28H,11H2,1-5H3,(H,26,29)(H,27,32)(H,30,31). The molecular formula is C24H29ClN2O6. The molecule has 0 heterocycles. The summed E-state index contributed by atoms with van der Waals surface area (Å²) in [5.41, 5.74) is 0.979. The minimum Gasteiger partial charge on any atom is -0.507 e. The molecule has 2 aromatic rings. The van der Waals surface area contributed by atoms with E-state index < -0.39 is 24.2 Å².